The Morgan fingerprint density at radius 3 is 2.58 bits per heavy atom. The number of aliphatic hydroxyl groups is 1. The maximum Gasteiger partial charge on any atom is 0.339 e. The molecule has 3 aliphatic heterocycles. The lowest BCUT2D eigenvalue weighted by atomic mass is 9.44. The molecular weight excluding hydrogens is 336 g/mol. The number of hydrogen-bond acceptors (Lipinski definition) is 6. The molecule has 0 aromatic carbocycles. The summed E-state index contributed by atoms with van der Waals surface area (Å²) in [6, 6.07) is 0. The quantitative estimate of drug-likeness (QED) is 0.720. The van der Waals surface area contributed by atoms with E-state index in [1.165, 1.54) is 6.08 Å². The van der Waals surface area contributed by atoms with E-state index in [2.05, 4.69) is 20.8 Å². The molecule has 1 unspecified atom stereocenters. The molecular formula is C20H26O6. The molecule has 0 spiro atoms. The lowest BCUT2D eigenvalue weighted by molar-refractivity contribution is -0.194. The number of aliphatic hydroxyl groups excluding tert-OH is 1. The maximum atomic E-state index is 12.5. The van der Waals surface area contributed by atoms with E-state index < -0.39 is 17.9 Å². The van der Waals surface area contributed by atoms with Crippen molar-refractivity contribution in [1.29, 1.82) is 0 Å². The largest absolute Gasteiger partial charge is 0.461 e. The van der Waals surface area contributed by atoms with Crippen molar-refractivity contribution in [3.05, 3.63) is 11.6 Å². The van der Waals surface area contributed by atoms with Crippen LogP contribution in [-0.4, -0.2) is 41.1 Å². The molecule has 4 fully saturated rings. The molecule has 0 aromatic heterocycles. The van der Waals surface area contributed by atoms with Gasteiger partial charge < -0.3 is 19.3 Å². The van der Waals surface area contributed by atoms with E-state index in [4.69, 9.17) is 14.2 Å². The smallest absolute Gasteiger partial charge is 0.339 e. The van der Waals surface area contributed by atoms with E-state index in [0.29, 0.717) is 24.3 Å². The van der Waals surface area contributed by atoms with E-state index in [0.717, 1.165) is 19.3 Å². The van der Waals surface area contributed by atoms with E-state index in [-0.39, 0.29) is 34.9 Å². The first-order valence-corrected chi connectivity index (χ1v) is 9.68. The van der Waals surface area contributed by atoms with Gasteiger partial charge in [-0.1, -0.05) is 20.3 Å². The minimum absolute atomic E-state index is 0.0239. The van der Waals surface area contributed by atoms with Gasteiger partial charge >= 0.3 is 11.9 Å². The maximum absolute atomic E-state index is 12.5. The Hall–Kier alpha value is -1.40. The average Bonchev–Trinajstić information content (AvgIpc) is 3.11. The van der Waals surface area contributed by atoms with Crippen LogP contribution in [0.4, 0.5) is 0 Å². The molecule has 0 radical (unpaired) electrons. The number of rotatable bonds is 1. The second kappa shape index (κ2) is 4.90. The van der Waals surface area contributed by atoms with Crippen LogP contribution >= 0.6 is 0 Å². The zero-order valence-corrected chi connectivity index (χ0v) is 15.5. The zero-order valence-electron chi connectivity index (χ0n) is 15.5. The molecule has 1 N–H and O–H groups in total. The fraction of sp³-hybridized carbons (Fsp3) is 0.800. The molecule has 0 amide bonds. The van der Waals surface area contributed by atoms with Gasteiger partial charge in [0.05, 0.1) is 23.2 Å². The first-order chi connectivity index (χ1) is 12.2. The molecule has 0 bridgehead atoms. The van der Waals surface area contributed by atoms with Crippen molar-refractivity contribution in [2.75, 3.05) is 0 Å². The summed E-state index contributed by atoms with van der Waals surface area (Å²) in [5.41, 5.74) is -0.377. The SMILES string of the molecule is C[C@]12[C@@H]3C[C@]4(C)O[C@H](C5=CC(O)OC5=O)C[C@]4(C)[C@@H]1CCC[C@H]2C(=O)O3. The first-order valence-electron chi connectivity index (χ1n) is 9.68. The Labute approximate surface area is 152 Å². The first kappa shape index (κ1) is 16.8. The standard InChI is InChI=1S/C20H26O6/c1-18-8-12(10-7-15(21)25-16(10)22)26-19(18,2)9-14-20(3)11(17(23)24-14)5-4-6-13(18)20/h7,11-15,21H,4-6,8-9H2,1-3H3/t11-,12-,13-,14-,15?,18+,19-,20+/m0/s1. The number of cyclic esters (lactones) is 1. The number of carbonyl (C=O) groups is 2. The second-order valence-corrected chi connectivity index (χ2v) is 9.41. The van der Waals surface area contributed by atoms with Crippen LogP contribution in [-0.2, 0) is 23.8 Å². The third-order valence-electron chi connectivity index (χ3n) is 8.42. The van der Waals surface area contributed by atoms with Crippen molar-refractivity contribution in [1.82, 2.24) is 0 Å². The number of fused-ring (bicyclic) bond motifs is 2. The molecule has 26 heavy (non-hydrogen) atoms. The van der Waals surface area contributed by atoms with E-state index in [1.54, 1.807) is 0 Å². The van der Waals surface area contributed by atoms with Gasteiger partial charge in [0.15, 0.2) is 0 Å². The lowest BCUT2D eigenvalue weighted by Crippen LogP contribution is -2.62. The summed E-state index contributed by atoms with van der Waals surface area (Å²) in [4.78, 5) is 24.6. The number of ether oxygens (including phenoxy) is 3. The van der Waals surface area contributed by atoms with Gasteiger partial charge in [-0.15, -0.1) is 0 Å². The molecule has 142 valence electrons. The molecule has 3 heterocycles. The van der Waals surface area contributed by atoms with Crippen LogP contribution < -0.4 is 0 Å². The molecule has 5 rings (SSSR count). The molecule has 8 atom stereocenters. The van der Waals surface area contributed by atoms with Gasteiger partial charge in [-0.2, -0.15) is 0 Å². The van der Waals surface area contributed by atoms with Crippen molar-refractivity contribution in [2.45, 2.75) is 77.0 Å². The fourth-order valence-corrected chi connectivity index (χ4v) is 6.91. The summed E-state index contributed by atoms with van der Waals surface area (Å²) in [7, 11) is 0. The van der Waals surface area contributed by atoms with E-state index in [9.17, 15) is 14.7 Å². The summed E-state index contributed by atoms with van der Waals surface area (Å²) >= 11 is 0. The van der Waals surface area contributed by atoms with Gasteiger partial charge in [-0.3, -0.25) is 4.79 Å². The van der Waals surface area contributed by atoms with Gasteiger partial charge in [0, 0.05) is 17.3 Å². The van der Waals surface area contributed by atoms with Gasteiger partial charge in [-0.05, 0) is 38.2 Å². The number of hydrogen-bond donors (Lipinski definition) is 1. The molecule has 2 saturated heterocycles. The van der Waals surface area contributed by atoms with Gasteiger partial charge in [0.25, 0.3) is 0 Å². The van der Waals surface area contributed by atoms with Crippen molar-refractivity contribution in [3.8, 4) is 0 Å². The summed E-state index contributed by atoms with van der Waals surface area (Å²) in [5, 5.41) is 9.63. The summed E-state index contributed by atoms with van der Waals surface area (Å²) in [5.74, 6) is -0.259. The molecule has 2 aliphatic carbocycles. The van der Waals surface area contributed by atoms with Crippen LogP contribution in [0.1, 0.15) is 52.9 Å². The van der Waals surface area contributed by atoms with Crippen molar-refractivity contribution < 1.29 is 28.9 Å². The Balaban J connectivity index is 1.55. The molecule has 6 heteroatoms. The molecule has 2 saturated carbocycles. The van der Waals surface area contributed by atoms with Crippen molar-refractivity contribution in [3.63, 3.8) is 0 Å². The van der Waals surface area contributed by atoms with Crippen LogP contribution in [0, 0.1) is 22.7 Å². The van der Waals surface area contributed by atoms with Gasteiger partial charge in [0.1, 0.15) is 6.10 Å². The highest BCUT2D eigenvalue weighted by atomic mass is 16.6. The lowest BCUT2D eigenvalue weighted by Gasteiger charge is -2.60. The van der Waals surface area contributed by atoms with Crippen LogP contribution in [0.25, 0.3) is 0 Å². The molecule has 5 aliphatic rings. The highest BCUT2D eigenvalue weighted by Gasteiger charge is 2.73. The Kier molecular flexibility index (Phi) is 3.16. The van der Waals surface area contributed by atoms with Crippen molar-refractivity contribution >= 4 is 11.9 Å². The number of esters is 2. The minimum atomic E-state index is -1.18. The summed E-state index contributed by atoms with van der Waals surface area (Å²) in [6.45, 7) is 6.57. The average molecular weight is 362 g/mol. The highest BCUT2D eigenvalue weighted by molar-refractivity contribution is 5.92. The van der Waals surface area contributed by atoms with Crippen LogP contribution in [0.5, 0.6) is 0 Å². The highest BCUT2D eigenvalue weighted by Crippen LogP contribution is 2.70. The molecule has 0 aromatic rings. The molecule has 6 nitrogen and oxygen atoms in total. The van der Waals surface area contributed by atoms with Crippen LogP contribution in [0.3, 0.4) is 0 Å². The topological polar surface area (TPSA) is 82.1 Å². The third kappa shape index (κ3) is 1.80. The normalized spacial score (nSPS) is 55.1. The summed E-state index contributed by atoms with van der Waals surface area (Å²) in [6.07, 6.45) is 4.10. The predicted molar refractivity (Wildman–Crippen MR) is 89.6 cm³/mol. The zero-order chi connectivity index (χ0) is 18.5. The van der Waals surface area contributed by atoms with Gasteiger partial charge in [-0.25, -0.2) is 4.79 Å². The van der Waals surface area contributed by atoms with E-state index >= 15 is 0 Å². The Bertz CT molecular complexity index is 730. The van der Waals surface area contributed by atoms with Crippen molar-refractivity contribution in [2.24, 2.45) is 22.7 Å². The van der Waals surface area contributed by atoms with Gasteiger partial charge in [0.2, 0.25) is 6.29 Å². The summed E-state index contributed by atoms with van der Waals surface area (Å²) < 4.78 is 17.2. The predicted octanol–water partition coefficient (Wildman–Crippen LogP) is 2.09. The fourth-order valence-electron chi connectivity index (χ4n) is 6.91. The second-order valence-electron chi connectivity index (χ2n) is 9.41. The monoisotopic (exact) mass is 362 g/mol. The third-order valence-corrected chi connectivity index (χ3v) is 8.42. The van der Waals surface area contributed by atoms with Crippen LogP contribution in [0.2, 0.25) is 0 Å². The Morgan fingerprint density at radius 2 is 1.88 bits per heavy atom. The Morgan fingerprint density at radius 1 is 1.12 bits per heavy atom. The minimum Gasteiger partial charge on any atom is -0.461 e. The van der Waals surface area contributed by atoms with E-state index in [1.807, 2.05) is 0 Å². The number of carbonyl (C=O) groups excluding carboxylic acids is 2. The van der Waals surface area contributed by atoms with Crippen LogP contribution in [0.15, 0.2) is 11.6 Å².